The lowest BCUT2D eigenvalue weighted by atomic mass is 9.91. The maximum Gasteiger partial charge on any atom is 0.418 e. The molecule has 0 N–H and O–H groups in total. The molecule has 1 amide bonds. The molecule has 30 heavy (non-hydrogen) atoms. The Morgan fingerprint density at radius 3 is 2.47 bits per heavy atom. The Bertz CT molecular complexity index is 782. The maximum absolute atomic E-state index is 12.4. The molecule has 0 aliphatic rings. The number of ether oxygens (including phenoxy) is 2. The highest BCUT2D eigenvalue weighted by atomic mass is 35.5. The Morgan fingerprint density at radius 2 is 1.97 bits per heavy atom. The molecule has 10 nitrogen and oxygen atoms in total. The van der Waals surface area contributed by atoms with Crippen LogP contribution >= 0.6 is 11.6 Å². The van der Waals surface area contributed by atoms with Crippen LogP contribution in [0.3, 0.4) is 0 Å². The van der Waals surface area contributed by atoms with Gasteiger partial charge in [0.1, 0.15) is 5.15 Å². The first-order valence-electron chi connectivity index (χ1n) is 9.30. The summed E-state index contributed by atoms with van der Waals surface area (Å²) in [6.07, 6.45) is 1.90. The normalized spacial score (nSPS) is 11.6. The van der Waals surface area contributed by atoms with Gasteiger partial charge in [0, 0.05) is 26.3 Å². The van der Waals surface area contributed by atoms with Crippen LogP contribution in [0.25, 0.3) is 0 Å². The molecule has 0 aliphatic carbocycles. The van der Waals surface area contributed by atoms with Gasteiger partial charge in [-0.2, -0.15) is 0 Å². The Labute approximate surface area is 180 Å². The third-order valence-electron chi connectivity index (χ3n) is 4.52. The number of nitro groups is 1. The number of esters is 1. The molecule has 0 spiro atoms. The van der Waals surface area contributed by atoms with Crippen LogP contribution in [0.5, 0.6) is 0 Å². The summed E-state index contributed by atoms with van der Waals surface area (Å²) in [6.45, 7) is 7.07. The largest absolute Gasteiger partial charge is 0.427 e. The zero-order valence-corrected chi connectivity index (χ0v) is 18.5. The Morgan fingerprint density at radius 1 is 1.30 bits per heavy atom. The van der Waals surface area contributed by atoms with Crippen molar-refractivity contribution in [2.75, 3.05) is 20.4 Å². The second-order valence-electron chi connectivity index (χ2n) is 7.03. The highest BCUT2D eigenvalue weighted by Crippen LogP contribution is 2.21. The number of rotatable bonds is 10. The minimum atomic E-state index is -0.905. The molecule has 1 rings (SSSR count). The molecule has 1 aromatic rings. The molecule has 0 atom stereocenters. The van der Waals surface area contributed by atoms with Gasteiger partial charge in [0.15, 0.2) is 5.82 Å². The SMILES string of the molecule is CCN(Cc1ccc(Cl)nc1)/C(=C\[N+](=O)[O-])N(C)C(=O)OCOC(=O)C(C)(C)CC. The van der Waals surface area contributed by atoms with E-state index in [1.165, 1.54) is 7.05 Å². The molecule has 0 fully saturated rings. The number of aromatic nitrogens is 1. The third kappa shape index (κ3) is 7.51. The van der Waals surface area contributed by atoms with Gasteiger partial charge >= 0.3 is 12.1 Å². The summed E-state index contributed by atoms with van der Waals surface area (Å²) in [6, 6.07) is 3.33. The van der Waals surface area contributed by atoms with E-state index in [2.05, 4.69) is 4.98 Å². The van der Waals surface area contributed by atoms with Gasteiger partial charge in [0.05, 0.1) is 10.3 Å². The number of pyridine rings is 1. The Balaban J connectivity index is 2.87. The van der Waals surface area contributed by atoms with Gasteiger partial charge in [-0.25, -0.2) is 9.78 Å². The number of amides is 1. The molecule has 166 valence electrons. The third-order valence-corrected chi connectivity index (χ3v) is 4.74. The minimum Gasteiger partial charge on any atom is -0.427 e. The van der Waals surface area contributed by atoms with Crippen LogP contribution in [-0.2, 0) is 20.8 Å². The second kappa shape index (κ2) is 11.3. The molecular formula is C19H27ClN4O6. The number of carbonyl (C=O) groups excluding carboxylic acids is 2. The molecule has 1 aromatic heterocycles. The van der Waals surface area contributed by atoms with Crippen molar-refractivity contribution in [3.8, 4) is 0 Å². The topological polar surface area (TPSA) is 115 Å². The van der Waals surface area contributed by atoms with Crippen LogP contribution < -0.4 is 0 Å². The number of hydrogen-bond acceptors (Lipinski definition) is 8. The lowest BCUT2D eigenvalue weighted by molar-refractivity contribution is -0.405. The highest BCUT2D eigenvalue weighted by Gasteiger charge is 2.28. The van der Waals surface area contributed by atoms with E-state index in [-0.39, 0.29) is 12.4 Å². The van der Waals surface area contributed by atoms with Crippen molar-refractivity contribution in [1.29, 1.82) is 0 Å². The minimum absolute atomic E-state index is 0.00247. The lowest BCUT2D eigenvalue weighted by Crippen LogP contribution is -2.38. The molecule has 0 saturated carbocycles. The van der Waals surface area contributed by atoms with Crippen LogP contribution in [0.1, 0.15) is 39.7 Å². The summed E-state index contributed by atoms with van der Waals surface area (Å²) in [5.41, 5.74) is 0.0358. The first kappa shape index (κ1) is 25.2. The molecule has 1 heterocycles. The molecule has 0 radical (unpaired) electrons. The van der Waals surface area contributed by atoms with E-state index in [4.69, 9.17) is 21.1 Å². The summed E-state index contributed by atoms with van der Waals surface area (Å²) in [7, 11) is 1.33. The fourth-order valence-corrected chi connectivity index (χ4v) is 2.33. The van der Waals surface area contributed by atoms with Crippen molar-refractivity contribution < 1.29 is 24.0 Å². The second-order valence-corrected chi connectivity index (χ2v) is 7.42. The summed E-state index contributed by atoms with van der Waals surface area (Å²) < 4.78 is 9.94. The van der Waals surface area contributed by atoms with Crippen LogP contribution in [0.2, 0.25) is 5.15 Å². The predicted octanol–water partition coefficient (Wildman–Crippen LogP) is 3.64. The van der Waals surface area contributed by atoms with Crippen molar-refractivity contribution in [3.63, 3.8) is 0 Å². The van der Waals surface area contributed by atoms with E-state index < -0.39 is 29.2 Å². The summed E-state index contributed by atoms with van der Waals surface area (Å²) >= 11 is 5.78. The van der Waals surface area contributed by atoms with Crippen molar-refractivity contribution in [1.82, 2.24) is 14.8 Å². The van der Waals surface area contributed by atoms with Gasteiger partial charge in [-0.3, -0.25) is 19.8 Å². The van der Waals surface area contributed by atoms with Gasteiger partial charge in [-0.15, -0.1) is 0 Å². The van der Waals surface area contributed by atoms with E-state index in [0.29, 0.717) is 24.3 Å². The smallest absolute Gasteiger partial charge is 0.418 e. The average molecular weight is 443 g/mol. The fraction of sp³-hybridized carbons (Fsp3) is 0.526. The van der Waals surface area contributed by atoms with Gasteiger partial charge in [-0.05, 0) is 38.8 Å². The average Bonchev–Trinajstić information content (AvgIpc) is 2.70. The van der Waals surface area contributed by atoms with E-state index in [9.17, 15) is 19.7 Å². The molecule has 0 aromatic carbocycles. The number of halogens is 1. The standard InChI is InChI=1S/C19H27ClN4O6/c1-6-19(3,4)17(25)29-13-30-18(26)22(5)16(12-24(27)28)23(7-2)11-14-8-9-15(20)21-10-14/h8-10,12H,6-7,11,13H2,1-5H3/b16-12-. The van der Waals surface area contributed by atoms with Crippen LogP contribution in [0.15, 0.2) is 30.4 Å². The quantitative estimate of drug-likeness (QED) is 0.177. The predicted molar refractivity (Wildman–Crippen MR) is 110 cm³/mol. The van der Waals surface area contributed by atoms with E-state index >= 15 is 0 Å². The van der Waals surface area contributed by atoms with Gasteiger partial charge in [-0.1, -0.05) is 24.6 Å². The van der Waals surface area contributed by atoms with Crippen LogP contribution in [0.4, 0.5) is 4.79 Å². The first-order valence-corrected chi connectivity index (χ1v) is 9.68. The Kier molecular flexibility index (Phi) is 9.51. The zero-order valence-electron chi connectivity index (χ0n) is 17.8. The lowest BCUT2D eigenvalue weighted by Gasteiger charge is -2.29. The number of hydrogen-bond donors (Lipinski definition) is 0. The summed E-state index contributed by atoms with van der Waals surface area (Å²) in [5, 5.41) is 11.4. The van der Waals surface area contributed by atoms with Crippen molar-refractivity contribution in [3.05, 3.63) is 51.2 Å². The van der Waals surface area contributed by atoms with E-state index in [1.54, 1.807) is 44.0 Å². The molecule has 11 heteroatoms. The molecule has 0 unspecified atom stereocenters. The number of nitrogens with zero attached hydrogens (tertiary/aromatic N) is 4. The monoisotopic (exact) mass is 442 g/mol. The highest BCUT2D eigenvalue weighted by molar-refractivity contribution is 6.29. The van der Waals surface area contributed by atoms with Crippen molar-refractivity contribution >= 4 is 23.7 Å². The summed E-state index contributed by atoms with van der Waals surface area (Å²) in [5.74, 6) is -0.505. The van der Waals surface area contributed by atoms with Crippen molar-refractivity contribution in [2.45, 2.75) is 40.7 Å². The van der Waals surface area contributed by atoms with Gasteiger partial charge < -0.3 is 14.4 Å². The van der Waals surface area contributed by atoms with Crippen molar-refractivity contribution in [2.24, 2.45) is 5.41 Å². The Hall–Kier alpha value is -2.88. The first-order chi connectivity index (χ1) is 14.0. The van der Waals surface area contributed by atoms with Crippen LogP contribution in [0, 0.1) is 15.5 Å². The molecule has 0 bridgehead atoms. The molecule has 0 saturated heterocycles. The molecular weight excluding hydrogens is 416 g/mol. The van der Waals surface area contributed by atoms with Gasteiger partial charge in [0.2, 0.25) is 6.79 Å². The zero-order chi connectivity index (χ0) is 22.9. The fourth-order valence-electron chi connectivity index (χ4n) is 2.21. The van der Waals surface area contributed by atoms with E-state index in [0.717, 1.165) is 10.5 Å². The summed E-state index contributed by atoms with van der Waals surface area (Å²) in [4.78, 5) is 41.4. The van der Waals surface area contributed by atoms with E-state index in [1.807, 2.05) is 6.92 Å². The molecule has 0 aliphatic heterocycles. The number of carbonyl (C=O) groups is 2. The van der Waals surface area contributed by atoms with Crippen LogP contribution in [-0.4, -0.2) is 52.2 Å². The maximum atomic E-state index is 12.4. The van der Waals surface area contributed by atoms with Gasteiger partial charge in [0.25, 0.3) is 6.20 Å².